The smallest absolute Gasteiger partial charge is 0.258 e. The average Bonchev–Trinajstić information content (AvgIpc) is 2.95. The van der Waals surface area contributed by atoms with Crippen molar-refractivity contribution in [3.63, 3.8) is 0 Å². The monoisotopic (exact) mass is 282 g/mol. The van der Waals surface area contributed by atoms with Gasteiger partial charge in [0.1, 0.15) is 17.3 Å². The number of hydrogen-bond acceptors (Lipinski definition) is 3. The van der Waals surface area contributed by atoms with Gasteiger partial charge in [-0.3, -0.25) is 9.20 Å². The van der Waals surface area contributed by atoms with Crippen LogP contribution >= 0.6 is 0 Å². The van der Waals surface area contributed by atoms with Crippen LogP contribution in [0.5, 0.6) is 0 Å². The maximum absolute atomic E-state index is 13.2. The van der Waals surface area contributed by atoms with Crippen molar-refractivity contribution in [2.75, 3.05) is 0 Å². The second-order valence-corrected chi connectivity index (χ2v) is 4.95. The fourth-order valence-corrected chi connectivity index (χ4v) is 2.56. The van der Waals surface area contributed by atoms with Gasteiger partial charge in [-0.15, -0.1) is 0 Å². The Morgan fingerprint density at radius 1 is 1.29 bits per heavy atom. The number of halogens is 1. The number of imidazole rings is 1. The van der Waals surface area contributed by atoms with Crippen molar-refractivity contribution in [3.8, 4) is 0 Å². The van der Waals surface area contributed by atoms with Gasteiger partial charge in [0.25, 0.3) is 5.56 Å². The van der Waals surface area contributed by atoms with Crippen LogP contribution in [0.25, 0.3) is 17.3 Å². The van der Waals surface area contributed by atoms with E-state index in [1.807, 2.05) is 16.8 Å². The van der Waals surface area contributed by atoms with E-state index >= 15 is 0 Å². The molecule has 4 heterocycles. The minimum Gasteiger partial charge on any atom is -0.331 e. The molecule has 0 N–H and O–H groups in total. The predicted octanol–water partition coefficient (Wildman–Crippen LogP) is 1.97. The summed E-state index contributed by atoms with van der Waals surface area (Å²) in [6.07, 6.45) is 7.54. The number of rotatable bonds is 1. The lowest BCUT2D eigenvalue weighted by atomic mass is 10.1. The first-order valence-corrected chi connectivity index (χ1v) is 6.62. The van der Waals surface area contributed by atoms with E-state index in [0.717, 1.165) is 30.6 Å². The van der Waals surface area contributed by atoms with Gasteiger partial charge >= 0.3 is 0 Å². The summed E-state index contributed by atoms with van der Waals surface area (Å²) in [4.78, 5) is 20.8. The molecule has 0 radical (unpaired) electrons. The lowest BCUT2D eigenvalue weighted by Crippen LogP contribution is -2.16. The van der Waals surface area contributed by atoms with Crippen LogP contribution in [-0.2, 0) is 6.54 Å². The van der Waals surface area contributed by atoms with Gasteiger partial charge in [0.15, 0.2) is 0 Å². The van der Waals surface area contributed by atoms with E-state index in [9.17, 15) is 9.18 Å². The normalized spacial score (nSPS) is 14.0. The van der Waals surface area contributed by atoms with Crippen LogP contribution in [0.3, 0.4) is 0 Å². The van der Waals surface area contributed by atoms with Crippen molar-refractivity contribution in [2.24, 2.45) is 0 Å². The van der Waals surface area contributed by atoms with Gasteiger partial charge in [0, 0.05) is 31.2 Å². The van der Waals surface area contributed by atoms with Crippen LogP contribution in [0.15, 0.2) is 41.6 Å². The number of pyridine rings is 1. The minimum atomic E-state index is -0.460. The highest BCUT2D eigenvalue weighted by molar-refractivity contribution is 5.79. The zero-order valence-corrected chi connectivity index (χ0v) is 11.0. The Bertz CT molecular complexity index is 938. The highest BCUT2D eigenvalue weighted by Gasteiger charge is 2.14. The zero-order chi connectivity index (χ0) is 14.4. The quantitative estimate of drug-likeness (QED) is 0.685. The number of allylic oxidation sites excluding steroid dienone is 1. The maximum atomic E-state index is 13.2. The predicted molar refractivity (Wildman–Crippen MR) is 76.1 cm³/mol. The van der Waals surface area contributed by atoms with E-state index in [1.54, 1.807) is 6.20 Å². The van der Waals surface area contributed by atoms with Gasteiger partial charge in [-0.2, -0.15) is 0 Å². The molecular weight excluding hydrogens is 271 g/mol. The summed E-state index contributed by atoms with van der Waals surface area (Å²) >= 11 is 0. The third-order valence-corrected chi connectivity index (χ3v) is 3.63. The molecule has 5 nitrogen and oxygen atoms in total. The molecule has 0 aliphatic carbocycles. The standard InChI is InChI=1S/C15H11FN4O/c16-11-1-2-13-18-12(8-15(21)20(13)9-11)10-3-5-19-6-4-17-14(19)7-10/h1-2,4,6-9H,3,5H2. The molecule has 1 aliphatic heterocycles. The molecule has 1 aliphatic rings. The third kappa shape index (κ3) is 1.96. The van der Waals surface area contributed by atoms with Gasteiger partial charge in [0.05, 0.1) is 5.69 Å². The first-order valence-electron chi connectivity index (χ1n) is 6.62. The molecule has 3 aromatic heterocycles. The highest BCUT2D eigenvalue weighted by Crippen LogP contribution is 2.24. The van der Waals surface area contributed by atoms with Crippen molar-refractivity contribution < 1.29 is 4.39 Å². The highest BCUT2D eigenvalue weighted by atomic mass is 19.1. The van der Waals surface area contributed by atoms with E-state index in [4.69, 9.17) is 0 Å². The molecule has 21 heavy (non-hydrogen) atoms. The van der Waals surface area contributed by atoms with E-state index in [1.165, 1.54) is 22.6 Å². The van der Waals surface area contributed by atoms with E-state index in [0.29, 0.717) is 11.3 Å². The SMILES string of the molecule is O=c1cc(C2=Cc3nccn3CC2)nc2ccc(F)cn12. The largest absolute Gasteiger partial charge is 0.331 e. The molecule has 4 rings (SSSR count). The van der Waals surface area contributed by atoms with Gasteiger partial charge < -0.3 is 4.57 Å². The van der Waals surface area contributed by atoms with Crippen molar-refractivity contribution in [1.29, 1.82) is 0 Å². The summed E-state index contributed by atoms with van der Waals surface area (Å²) in [5.41, 5.74) is 1.75. The topological polar surface area (TPSA) is 52.2 Å². The van der Waals surface area contributed by atoms with Gasteiger partial charge in [-0.25, -0.2) is 14.4 Å². The zero-order valence-electron chi connectivity index (χ0n) is 11.0. The molecule has 0 saturated heterocycles. The molecule has 0 atom stereocenters. The molecule has 0 fully saturated rings. The van der Waals surface area contributed by atoms with Crippen LogP contribution in [0, 0.1) is 5.82 Å². The first kappa shape index (κ1) is 12.0. The van der Waals surface area contributed by atoms with Crippen LogP contribution < -0.4 is 5.56 Å². The van der Waals surface area contributed by atoms with Gasteiger partial charge in [-0.1, -0.05) is 0 Å². The molecule has 0 amide bonds. The maximum Gasteiger partial charge on any atom is 0.258 e. The molecule has 0 bridgehead atoms. The Kier molecular flexibility index (Phi) is 2.50. The molecule has 6 heteroatoms. The lowest BCUT2D eigenvalue weighted by Gasteiger charge is -2.15. The lowest BCUT2D eigenvalue weighted by molar-refractivity contribution is 0.617. The number of aromatic nitrogens is 4. The average molecular weight is 282 g/mol. The molecule has 0 aromatic carbocycles. The Morgan fingerprint density at radius 2 is 2.19 bits per heavy atom. The van der Waals surface area contributed by atoms with Crippen molar-refractivity contribution in [2.45, 2.75) is 13.0 Å². The summed E-state index contributed by atoms with van der Waals surface area (Å²) in [6, 6.07) is 4.24. The van der Waals surface area contributed by atoms with Crippen LogP contribution in [-0.4, -0.2) is 18.9 Å². The number of aryl methyl sites for hydroxylation is 1. The molecule has 0 unspecified atom stereocenters. The minimum absolute atomic E-state index is 0.288. The van der Waals surface area contributed by atoms with Gasteiger partial charge in [0.2, 0.25) is 0 Å². The Morgan fingerprint density at radius 3 is 3.10 bits per heavy atom. The summed E-state index contributed by atoms with van der Waals surface area (Å²) in [6.45, 7) is 0.811. The van der Waals surface area contributed by atoms with Crippen LogP contribution in [0.2, 0.25) is 0 Å². The summed E-state index contributed by atoms with van der Waals surface area (Å²) < 4.78 is 16.5. The fourth-order valence-electron chi connectivity index (χ4n) is 2.56. The van der Waals surface area contributed by atoms with Crippen LogP contribution in [0.1, 0.15) is 17.9 Å². The van der Waals surface area contributed by atoms with E-state index < -0.39 is 5.82 Å². The first-order chi connectivity index (χ1) is 10.2. The molecule has 0 spiro atoms. The number of fused-ring (bicyclic) bond motifs is 2. The number of nitrogens with zero attached hydrogens (tertiary/aromatic N) is 4. The second kappa shape index (κ2) is 4.37. The second-order valence-electron chi connectivity index (χ2n) is 4.95. The van der Waals surface area contributed by atoms with E-state index in [2.05, 4.69) is 9.97 Å². The van der Waals surface area contributed by atoms with Crippen molar-refractivity contribution in [1.82, 2.24) is 18.9 Å². The van der Waals surface area contributed by atoms with Crippen LogP contribution in [0.4, 0.5) is 4.39 Å². The Labute approximate surface area is 119 Å². The third-order valence-electron chi connectivity index (χ3n) is 3.63. The Balaban J connectivity index is 1.89. The van der Waals surface area contributed by atoms with E-state index in [-0.39, 0.29) is 5.56 Å². The van der Waals surface area contributed by atoms with Crippen molar-refractivity contribution >= 4 is 17.3 Å². The molecule has 3 aromatic rings. The molecular formula is C15H11FN4O. The summed E-state index contributed by atoms with van der Waals surface area (Å²) in [5, 5.41) is 0. The van der Waals surface area contributed by atoms with Gasteiger partial charge in [-0.05, 0) is 30.2 Å². The Hall–Kier alpha value is -2.76. The number of hydrogen-bond donors (Lipinski definition) is 0. The van der Waals surface area contributed by atoms with Crippen molar-refractivity contribution in [3.05, 3.63) is 64.5 Å². The fraction of sp³-hybridized carbons (Fsp3) is 0.133. The summed E-state index contributed by atoms with van der Waals surface area (Å²) in [7, 11) is 0. The molecule has 0 saturated carbocycles. The summed E-state index contributed by atoms with van der Waals surface area (Å²) in [5.74, 6) is 0.399. The molecule has 104 valence electrons.